The first-order chi connectivity index (χ1) is 8.50. The van der Waals surface area contributed by atoms with E-state index in [1.807, 2.05) is 6.92 Å². The number of hydrogen-bond acceptors (Lipinski definition) is 2. The van der Waals surface area contributed by atoms with E-state index in [2.05, 4.69) is 0 Å². The lowest BCUT2D eigenvalue weighted by molar-refractivity contribution is 0.0697. The Morgan fingerprint density at radius 2 is 1.72 bits per heavy atom. The number of phenolic OH excluding ortho intramolecular Hbond substituents is 1. The van der Waals surface area contributed by atoms with Crippen LogP contribution in [0.5, 0.6) is 5.75 Å². The summed E-state index contributed by atoms with van der Waals surface area (Å²) in [5.41, 5.74) is 1.23. The van der Waals surface area contributed by atoms with E-state index >= 15 is 0 Å². The summed E-state index contributed by atoms with van der Waals surface area (Å²) in [7, 11) is 0. The second-order valence-corrected chi connectivity index (χ2v) is 4.01. The molecule has 2 rings (SSSR count). The molecule has 0 spiro atoms. The first-order valence-corrected chi connectivity index (χ1v) is 5.62. The molecule has 0 bridgehead atoms. The van der Waals surface area contributed by atoms with Gasteiger partial charge in [-0.1, -0.05) is 29.8 Å². The van der Waals surface area contributed by atoms with Gasteiger partial charge >= 0.3 is 5.97 Å². The summed E-state index contributed by atoms with van der Waals surface area (Å²) in [6.07, 6.45) is 0. The standard InChI is InChI=1S/C7H7ClO.C7H6O2/c1-5-4-6(9)2-3-7(5)8;8-7(9)6-4-2-1-3-5-6/h2-4,9H,1H3;1-5H,(H,8,9). The molecule has 0 atom stereocenters. The average molecular weight is 265 g/mol. The maximum absolute atomic E-state index is 10.2. The molecule has 0 saturated heterocycles. The van der Waals surface area contributed by atoms with E-state index in [1.54, 1.807) is 48.5 Å². The Bertz CT molecular complexity index is 524. The number of aromatic hydroxyl groups is 1. The van der Waals surface area contributed by atoms with Crippen LogP contribution in [-0.4, -0.2) is 16.2 Å². The fourth-order valence-corrected chi connectivity index (χ4v) is 1.33. The molecule has 0 aliphatic carbocycles. The number of phenols is 1. The summed E-state index contributed by atoms with van der Waals surface area (Å²) >= 11 is 5.67. The van der Waals surface area contributed by atoms with Crippen LogP contribution in [0.15, 0.2) is 48.5 Å². The van der Waals surface area contributed by atoms with Crippen molar-refractivity contribution in [3.05, 3.63) is 64.7 Å². The summed E-state index contributed by atoms with van der Waals surface area (Å²) in [5.74, 6) is -0.618. The number of carboxylic acids is 1. The molecule has 2 aromatic carbocycles. The Morgan fingerprint density at radius 1 is 1.11 bits per heavy atom. The van der Waals surface area contributed by atoms with Crippen LogP contribution in [0.3, 0.4) is 0 Å². The summed E-state index contributed by atoms with van der Waals surface area (Å²) in [5, 5.41) is 18.0. The minimum Gasteiger partial charge on any atom is -0.508 e. The van der Waals surface area contributed by atoms with Gasteiger partial charge in [0.25, 0.3) is 0 Å². The molecule has 94 valence electrons. The van der Waals surface area contributed by atoms with Gasteiger partial charge in [-0.25, -0.2) is 4.79 Å². The minimum absolute atomic E-state index is 0.261. The minimum atomic E-state index is -0.879. The Hall–Kier alpha value is -2.00. The molecular formula is C14H13ClO3. The van der Waals surface area contributed by atoms with E-state index < -0.39 is 5.97 Å². The highest BCUT2D eigenvalue weighted by Crippen LogP contribution is 2.19. The Morgan fingerprint density at radius 3 is 2.11 bits per heavy atom. The zero-order valence-corrected chi connectivity index (χ0v) is 10.6. The molecule has 0 saturated carbocycles. The van der Waals surface area contributed by atoms with Crippen molar-refractivity contribution in [3.8, 4) is 5.75 Å². The second kappa shape index (κ2) is 6.67. The SMILES string of the molecule is Cc1cc(O)ccc1Cl.O=C(O)c1ccccc1. The van der Waals surface area contributed by atoms with Crippen LogP contribution >= 0.6 is 11.6 Å². The number of benzene rings is 2. The van der Waals surface area contributed by atoms with Crippen molar-refractivity contribution in [2.45, 2.75) is 6.92 Å². The summed E-state index contributed by atoms with van der Waals surface area (Å²) in [6, 6.07) is 13.2. The molecule has 0 aliphatic heterocycles. The Balaban J connectivity index is 0.000000180. The van der Waals surface area contributed by atoms with Gasteiger partial charge in [-0.2, -0.15) is 0 Å². The Kier molecular flexibility index (Phi) is 5.21. The smallest absolute Gasteiger partial charge is 0.335 e. The fraction of sp³-hybridized carbons (Fsp3) is 0.0714. The molecule has 0 aromatic heterocycles. The monoisotopic (exact) mass is 264 g/mol. The van der Waals surface area contributed by atoms with E-state index in [0.717, 1.165) is 5.56 Å². The number of carbonyl (C=O) groups is 1. The lowest BCUT2D eigenvalue weighted by atomic mass is 10.2. The zero-order chi connectivity index (χ0) is 13.5. The lowest BCUT2D eigenvalue weighted by Crippen LogP contribution is -1.93. The van der Waals surface area contributed by atoms with Gasteiger partial charge in [0.15, 0.2) is 0 Å². The van der Waals surface area contributed by atoms with Crippen LogP contribution in [0, 0.1) is 6.92 Å². The van der Waals surface area contributed by atoms with Gasteiger partial charge in [0.05, 0.1) is 5.56 Å². The first-order valence-electron chi connectivity index (χ1n) is 5.24. The van der Waals surface area contributed by atoms with Crippen LogP contribution in [0.25, 0.3) is 0 Å². The third-order valence-electron chi connectivity index (χ3n) is 2.16. The number of aromatic carboxylic acids is 1. The van der Waals surface area contributed by atoms with Crippen LogP contribution in [0.2, 0.25) is 5.02 Å². The number of halogens is 1. The van der Waals surface area contributed by atoms with Gasteiger partial charge in [-0.05, 0) is 42.8 Å². The van der Waals surface area contributed by atoms with E-state index in [9.17, 15) is 4.79 Å². The Labute approximate surface area is 110 Å². The highest BCUT2D eigenvalue weighted by molar-refractivity contribution is 6.31. The summed E-state index contributed by atoms with van der Waals surface area (Å²) in [4.78, 5) is 10.2. The number of aryl methyl sites for hydroxylation is 1. The van der Waals surface area contributed by atoms with Crippen LogP contribution in [0.1, 0.15) is 15.9 Å². The predicted molar refractivity (Wildman–Crippen MR) is 71.3 cm³/mol. The summed E-state index contributed by atoms with van der Waals surface area (Å²) < 4.78 is 0. The van der Waals surface area contributed by atoms with Gasteiger partial charge < -0.3 is 10.2 Å². The molecule has 0 radical (unpaired) electrons. The molecule has 0 aliphatic rings. The zero-order valence-electron chi connectivity index (χ0n) is 9.80. The van der Waals surface area contributed by atoms with Gasteiger partial charge in [-0.15, -0.1) is 0 Å². The number of hydrogen-bond donors (Lipinski definition) is 2. The van der Waals surface area contributed by atoms with Crippen molar-refractivity contribution in [2.75, 3.05) is 0 Å². The maximum atomic E-state index is 10.2. The molecule has 0 amide bonds. The molecule has 18 heavy (non-hydrogen) atoms. The largest absolute Gasteiger partial charge is 0.508 e. The van der Waals surface area contributed by atoms with Crippen molar-refractivity contribution < 1.29 is 15.0 Å². The number of carboxylic acid groups (broad SMARTS) is 1. The molecule has 0 heterocycles. The maximum Gasteiger partial charge on any atom is 0.335 e. The van der Waals surface area contributed by atoms with Crippen molar-refractivity contribution in [1.29, 1.82) is 0 Å². The molecule has 2 N–H and O–H groups in total. The van der Waals surface area contributed by atoms with E-state index in [4.69, 9.17) is 21.8 Å². The van der Waals surface area contributed by atoms with Crippen LogP contribution in [-0.2, 0) is 0 Å². The van der Waals surface area contributed by atoms with E-state index in [-0.39, 0.29) is 5.75 Å². The highest BCUT2D eigenvalue weighted by Gasteiger charge is 1.96. The van der Waals surface area contributed by atoms with Gasteiger partial charge in [0.2, 0.25) is 0 Å². The quantitative estimate of drug-likeness (QED) is 0.825. The number of rotatable bonds is 1. The van der Waals surface area contributed by atoms with Crippen molar-refractivity contribution in [1.82, 2.24) is 0 Å². The first kappa shape index (κ1) is 14.1. The van der Waals surface area contributed by atoms with E-state index in [1.165, 1.54) is 0 Å². The van der Waals surface area contributed by atoms with Crippen molar-refractivity contribution in [3.63, 3.8) is 0 Å². The average Bonchev–Trinajstić information content (AvgIpc) is 2.36. The fourth-order valence-electron chi connectivity index (χ4n) is 1.21. The van der Waals surface area contributed by atoms with Crippen LogP contribution in [0.4, 0.5) is 0 Å². The van der Waals surface area contributed by atoms with Gasteiger partial charge in [0, 0.05) is 5.02 Å². The molecule has 3 nitrogen and oxygen atoms in total. The van der Waals surface area contributed by atoms with Crippen LogP contribution < -0.4 is 0 Å². The molecule has 4 heteroatoms. The van der Waals surface area contributed by atoms with Crippen molar-refractivity contribution >= 4 is 17.6 Å². The third kappa shape index (κ3) is 4.47. The molecule has 2 aromatic rings. The van der Waals surface area contributed by atoms with Gasteiger partial charge in [0.1, 0.15) is 5.75 Å². The normalized spacial score (nSPS) is 9.22. The van der Waals surface area contributed by atoms with Gasteiger partial charge in [-0.3, -0.25) is 0 Å². The second-order valence-electron chi connectivity index (χ2n) is 3.60. The van der Waals surface area contributed by atoms with E-state index in [0.29, 0.717) is 10.6 Å². The highest BCUT2D eigenvalue weighted by atomic mass is 35.5. The topological polar surface area (TPSA) is 57.5 Å². The van der Waals surface area contributed by atoms with Crippen molar-refractivity contribution in [2.24, 2.45) is 0 Å². The molecule has 0 fully saturated rings. The lowest BCUT2D eigenvalue weighted by Gasteiger charge is -1.95. The molecule has 0 unspecified atom stereocenters. The summed E-state index contributed by atoms with van der Waals surface area (Å²) in [6.45, 7) is 1.85. The third-order valence-corrected chi connectivity index (χ3v) is 2.59. The predicted octanol–water partition coefficient (Wildman–Crippen LogP) is 3.74. The molecular weight excluding hydrogens is 252 g/mol.